The summed E-state index contributed by atoms with van der Waals surface area (Å²) in [4.78, 5) is 3.16. The lowest BCUT2D eigenvalue weighted by Crippen LogP contribution is -2.39. The van der Waals surface area contributed by atoms with Crippen LogP contribution in [0.4, 0.5) is 0 Å². The van der Waals surface area contributed by atoms with Crippen LogP contribution in [0.3, 0.4) is 0 Å². The average Bonchev–Trinajstić information content (AvgIpc) is 3.49. The Morgan fingerprint density at radius 2 is 0.531 bits per heavy atom. The number of unbranched alkanes of at least 4 members (excludes halogenated alkanes) is 30. The van der Waals surface area contributed by atoms with Crippen molar-refractivity contribution >= 4 is 11.3 Å². The molecule has 0 N–H and O–H groups in total. The van der Waals surface area contributed by atoms with Crippen LogP contribution >= 0.6 is 11.3 Å². The number of hydrogen-bond acceptors (Lipinski definition) is 1. The summed E-state index contributed by atoms with van der Waals surface area (Å²) >= 11 is 2.08. The Morgan fingerprint density at radius 1 is 0.327 bits per heavy atom. The number of nitrogens with zero attached hydrogens (tertiary/aromatic N) is 2. The summed E-state index contributed by atoms with van der Waals surface area (Å²) in [5.41, 5.74) is 0. The lowest BCUT2D eigenvalue weighted by Gasteiger charge is -2.30. The topological polar surface area (TPSA) is 0 Å². The first-order chi connectivity index (χ1) is 23.8. The van der Waals surface area contributed by atoms with Gasteiger partial charge in [0.15, 0.2) is 0 Å². The quantitative estimate of drug-likeness (QED) is 0.0475. The molecule has 0 spiro atoms. The van der Waals surface area contributed by atoms with Crippen molar-refractivity contribution in [1.82, 2.24) is 0 Å². The molecule has 1 heterocycles. The SMILES string of the molecule is CCCCCCCCCCCCCCCCCC[N+](C)(C)Cc1ccc(C[N+](C)(C)CCCCCCCCCCCCCCCCCC)s1. The van der Waals surface area contributed by atoms with E-state index in [4.69, 9.17) is 0 Å². The summed E-state index contributed by atoms with van der Waals surface area (Å²) in [5, 5.41) is 0. The summed E-state index contributed by atoms with van der Waals surface area (Å²) in [6, 6.07) is 4.87. The number of rotatable bonds is 38. The maximum absolute atomic E-state index is 2.45. The van der Waals surface area contributed by atoms with Gasteiger partial charge in [0.25, 0.3) is 0 Å². The molecule has 0 amide bonds. The van der Waals surface area contributed by atoms with Gasteiger partial charge in [-0.3, -0.25) is 0 Å². The Balaban J connectivity index is 2.00. The van der Waals surface area contributed by atoms with E-state index in [0.717, 1.165) is 8.97 Å². The summed E-state index contributed by atoms with van der Waals surface area (Å²) in [7, 11) is 9.79. The van der Waals surface area contributed by atoms with Crippen molar-refractivity contribution in [1.29, 1.82) is 0 Å². The van der Waals surface area contributed by atoms with Gasteiger partial charge in [-0.15, -0.1) is 11.3 Å². The fraction of sp³-hybridized carbons (Fsp3) is 0.913. The zero-order valence-corrected chi connectivity index (χ0v) is 35.7. The van der Waals surface area contributed by atoms with Gasteiger partial charge in [0.2, 0.25) is 0 Å². The van der Waals surface area contributed by atoms with E-state index in [1.165, 1.54) is 232 Å². The molecule has 1 aromatic rings. The molecule has 3 heteroatoms. The van der Waals surface area contributed by atoms with Gasteiger partial charge in [0, 0.05) is 0 Å². The van der Waals surface area contributed by atoms with Gasteiger partial charge in [0.1, 0.15) is 13.1 Å². The van der Waals surface area contributed by atoms with Crippen LogP contribution in [0.1, 0.15) is 229 Å². The smallest absolute Gasteiger partial charge is 0.113 e. The molecule has 0 aliphatic carbocycles. The Kier molecular flexibility index (Phi) is 30.7. The minimum absolute atomic E-state index is 1.13. The highest BCUT2D eigenvalue weighted by atomic mass is 32.1. The molecule has 1 rings (SSSR count). The first kappa shape index (κ1) is 46.6. The molecule has 0 atom stereocenters. The molecule has 0 fully saturated rings. The number of quaternary nitrogens is 2. The van der Waals surface area contributed by atoms with E-state index >= 15 is 0 Å². The van der Waals surface area contributed by atoms with Crippen molar-refractivity contribution < 1.29 is 8.97 Å². The molecule has 0 radical (unpaired) electrons. The maximum atomic E-state index is 2.45. The van der Waals surface area contributed by atoms with Gasteiger partial charge in [-0.1, -0.05) is 194 Å². The number of hydrogen-bond donors (Lipinski definition) is 0. The largest absolute Gasteiger partial charge is 0.324 e. The minimum Gasteiger partial charge on any atom is -0.324 e. The van der Waals surface area contributed by atoms with Gasteiger partial charge < -0.3 is 8.97 Å². The van der Waals surface area contributed by atoms with Crippen LogP contribution in [0.15, 0.2) is 12.1 Å². The Morgan fingerprint density at radius 3 is 0.755 bits per heavy atom. The van der Waals surface area contributed by atoms with Crippen LogP contribution < -0.4 is 0 Å². The van der Waals surface area contributed by atoms with E-state index in [2.05, 4.69) is 65.5 Å². The molecule has 290 valence electrons. The molecule has 49 heavy (non-hydrogen) atoms. The summed E-state index contributed by atoms with van der Waals surface area (Å²) in [6.07, 6.45) is 46.4. The second-order valence-corrected chi connectivity index (χ2v) is 18.9. The predicted molar refractivity (Wildman–Crippen MR) is 225 cm³/mol. The predicted octanol–water partition coefficient (Wildman–Crippen LogP) is 15.4. The van der Waals surface area contributed by atoms with Gasteiger partial charge in [0.05, 0.1) is 51.0 Å². The molecular weight excluding hydrogens is 613 g/mol. The third kappa shape index (κ3) is 30.9. The molecule has 0 aliphatic rings. The van der Waals surface area contributed by atoms with Crippen molar-refractivity contribution in [2.45, 2.75) is 232 Å². The highest BCUT2D eigenvalue weighted by Gasteiger charge is 2.20. The lowest BCUT2D eigenvalue weighted by molar-refractivity contribution is -0.903. The van der Waals surface area contributed by atoms with Gasteiger partial charge >= 0.3 is 0 Å². The fourth-order valence-corrected chi connectivity index (χ4v) is 9.21. The van der Waals surface area contributed by atoms with E-state index in [1.54, 1.807) is 9.75 Å². The van der Waals surface area contributed by atoms with E-state index in [0.29, 0.717) is 0 Å². The highest BCUT2D eigenvalue weighted by molar-refractivity contribution is 7.11. The first-order valence-corrected chi connectivity index (χ1v) is 23.3. The lowest BCUT2D eigenvalue weighted by atomic mass is 10.0. The summed E-state index contributed by atoms with van der Waals surface area (Å²) in [5.74, 6) is 0. The van der Waals surface area contributed by atoms with E-state index < -0.39 is 0 Å². The molecule has 0 bridgehead atoms. The van der Waals surface area contributed by atoms with Crippen LogP contribution in [0.5, 0.6) is 0 Å². The molecule has 1 aromatic heterocycles. The van der Waals surface area contributed by atoms with Gasteiger partial charge in [-0.05, 0) is 37.8 Å². The molecule has 2 nitrogen and oxygen atoms in total. The van der Waals surface area contributed by atoms with Crippen LogP contribution in [0, 0.1) is 0 Å². The minimum atomic E-state index is 1.13. The third-order valence-corrected chi connectivity index (χ3v) is 12.2. The monoisotopic (exact) mass is 705 g/mol. The normalized spacial score (nSPS) is 12.4. The van der Waals surface area contributed by atoms with Crippen LogP contribution in [0.25, 0.3) is 0 Å². The van der Waals surface area contributed by atoms with E-state index in [1.807, 2.05) is 0 Å². The molecule has 0 saturated heterocycles. The molecule has 0 saturated carbocycles. The average molecular weight is 705 g/mol. The van der Waals surface area contributed by atoms with Crippen molar-refractivity contribution in [3.05, 3.63) is 21.9 Å². The standard InChI is InChI=1S/C46H92N2S/c1-7-9-11-13-15-17-19-21-23-25-27-29-31-33-35-37-41-47(3,4)43-45-39-40-46(49-45)44-48(5,6)42-38-36-34-32-30-28-26-24-22-20-18-16-14-12-10-8-2/h39-40H,7-38,41-44H2,1-6H3/q+2. The molecule has 0 aliphatic heterocycles. The molecule has 0 aromatic carbocycles. The Bertz CT molecular complexity index is 747. The van der Waals surface area contributed by atoms with Crippen LogP contribution in [-0.2, 0) is 13.1 Å². The Labute approximate surface area is 314 Å². The third-order valence-electron chi connectivity index (χ3n) is 11.1. The van der Waals surface area contributed by atoms with Crippen LogP contribution in [0.2, 0.25) is 0 Å². The van der Waals surface area contributed by atoms with Crippen molar-refractivity contribution in [3.8, 4) is 0 Å². The van der Waals surface area contributed by atoms with Crippen molar-refractivity contribution in [2.75, 3.05) is 41.3 Å². The second kappa shape index (κ2) is 32.3. The zero-order valence-electron chi connectivity index (χ0n) is 34.9. The number of thiophene rings is 1. The van der Waals surface area contributed by atoms with E-state index in [9.17, 15) is 0 Å². The second-order valence-electron chi connectivity index (χ2n) is 17.6. The zero-order chi connectivity index (χ0) is 35.7. The van der Waals surface area contributed by atoms with Gasteiger partial charge in [-0.2, -0.15) is 0 Å². The van der Waals surface area contributed by atoms with Crippen molar-refractivity contribution in [2.24, 2.45) is 0 Å². The first-order valence-electron chi connectivity index (χ1n) is 22.5. The highest BCUT2D eigenvalue weighted by Crippen LogP contribution is 2.24. The Hall–Kier alpha value is -0.380. The summed E-state index contributed by atoms with van der Waals surface area (Å²) in [6.45, 7) is 9.62. The van der Waals surface area contributed by atoms with Gasteiger partial charge in [-0.25, -0.2) is 0 Å². The fourth-order valence-electron chi connectivity index (χ4n) is 7.77. The van der Waals surface area contributed by atoms with Crippen molar-refractivity contribution in [3.63, 3.8) is 0 Å². The molecular formula is C46H92N2S+2. The molecule has 0 unspecified atom stereocenters. The van der Waals surface area contributed by atoms with Crippen LogP contribution in [-0.4, -0.2) is 50.2 Å². The maximum Gasteiger partial charge on any atom is 0.113 e. The summed E-state index contributed by atoms with van der Waals surface area (Å²) < 4.78 is 2.27. The van der Waals surface area contributed by atoms with E-state index in [-0.39, 0.29) is 0 Å².